The quantitative estimate of drug-likeness (QED) is 0.0282. The summed E-state index contributed by atoms with van der Waals surface area (Å²) in [5, 5.41) is 62.9. The maximum Gasteiger partial charge on any atom is 0.328 e. The van der Waals surface area contributed by atoms with Crippen molar-refractivity contribution in [1.29, 1.82) is 0 Å². The van der Waals surface area contributed by atoms with E-state index in [1.165, 1.54) is 0 Å². The predicted molar refractivity (Wildman–Crippen MR) is 423 cm³/mol. The second-order valence-corrected chi connectivity index (χ2v) is 26.7. The van der Waals surface area contributed by atoms with Gasteiger partial charge in [-0.05, 0) is 111 Å². The van der Waals surface area contributed by atoms with Gasteiger partial charge in [0.25, 0.3) is 0 Å². The molecule has 0 atom stereocenters. The number of aliphatic carboxylic acids is 4. The molecule has 28 heteroatoms. The second-order valence-electron chi connectivity index (χ2n) is 26.7. The van der Waals surface area contributed by atoms with Gasteiger partial charge in [-0.15, -0.1) is 0 Å². The van der Waals surface area contributed by atoms with Crippen molar-refractivity contribution in [3.05, 3.63) is 264 Å². The van der Waals surface area contributed by atoms with Crippen LogP contribution in [0.3, 0.4) is 0 Å². The number of hydrogen-bond donors (Lipinski definition) is 10. The SMILES string of the molecule is CCc1cncc(Nc2cc(COc3ccc(NC(=O)Nc4cc(C(C)(C)C)nn4-c4ccc(C)cc4)c4ccccc34)ccn2)n1.CCc1cncc(Nc2cc(COc3ccc(NC(=O)Nc4cc(C(C)(C)C)nn4-c4ccc(C)cc4)c4ccccc34)ccn2)n1.O=C(O)/C=C\C(=O)O.O=C(O)/C=C\C(=O)O. The van der Waals surface area contributed by atoms with E-state index in [9.17, 15) is 28.8 Å². The third-order valence-electron chi connectivity index (χ3n) is 16.0. The first-order chi connectivity index (χ1) is 52.6. The average Bonchev–Trinajstić information content (AvgIpc) is 1.04. The monoisotopic (exact) mass is 1480 g/mol. The highest BCUT2D eigenvalue weighted by atomic mass is 16.5. The number of carboxylic acids is 4. The molecule has 6 aromatic carbocycles. The van der Waals surface area contributed by atoms with Crippen molar-refractivity contribution >= 4 is 104 Å². The first kappa shape index (κ1) is 79.9. The first-order valence-corrected chi connectivity index (χ1v) is 34.7. The Bertz CT molecular complexity index is 4960. The summed E-state index contributed by atoms with van der Waals surface area (Å²) in [4.78, 5) is 91.4. The Morgan fingerprint density at radius 2 is 0.782 bits per heavy atom. The van der Waals surface area contributed by atoms with Crippen LogP contribution in [0.1, 0.15) is 100 Å². The Morgan fingerprint density at radius 1 is 0.427 bits per heavy atom. The van der Waals surface area contributed by atoms with Gasteiger partial charge in [-0.3, -0.25) is 20.6 Å². The number of nitrogens with one attached hydrogen (secondary N) is 6. The molecule has 0 fully saturated rings. The van der Waals surface area contributed by atoms with Crippen LogP contribution in [-0.4, -0.2) is 106 Å². The lowest BCUT2D eigenvalue weighted by Crippen LogP contribution is -2.21. The number of ether oxygens (including phenoxy) is 2. The maximum atomic E-state index is 13.4. The largest absolute Gasteiger partial charge is 0.488 e. The molecule has 0 bridgehead atoms. The number of carboxylic acid groups (broad SMARTS) is 4. The Morgan fingerprint density at radius 3 is 1.12 bits per heavy atom. The smallest absolute Gasteiger partial charge is 0.328 e. The van der Waals surface area contributed by atoms with Gasteiger partial charge in [-0.2, -0.15) is 10.2 Å². The lowest BCUT2D eigenvalue weighted by Gasteiger charge is -2.15. The second kappa shape index (κ2) is 37.2. The van der Waals surface area contributed by atoms with Crippen LogP contribution in [0.15, 0.2) is 219 Å². The molecule has 6 heterocycles. The molecule has 0 radical (unpaired) electrons. The van der Waals surface area contributed by atoms with Crippen molar-refractivity contribution in [2.24, 2.45) is 0 Å². The molecule has 564 valence electrons. The van der Waals surface area contributed by atoms with Crippen molar-refractivity contribution in [2.75, 3.05) is 31.9 Å². The maximum absolute atomic E-state index is 13.4. The molecule has 10 N–H and O–H groups in total. The van der Waals surface area contributed by atoms with Crippen LogP contribution < -0.4 is 41.4 Å². The zero-order valence-corrected chi connectivity index (χ0v) is 62.1. The summed E-state index contributed by atoms with van der Waals surface area (Å²) < 4.78 is 16.1. The molecule has 28 nitrogen and oxygen atoms in total. The molecule has 6 aromatic heterocycles. The number of carbonyl (C=O) groups excluding carboxylic acids is 2. The van der Waals surface area contributed by atoms with Gasteiger partial charge in [-0.1, -0.05) is 139 Å². The number of benzene rings is 6. The van der Waals surface area contributed by atoms with Crippen LogP contribution in [0, 0.1) is 13.8 Å². The predicted octanol–water partition coefficient (Wildman–Crippen LogP) is 16.1. The molecule has 0 saturated carbocycles. The lowest BCUT2D eigenvalue weighted by molar-refractivity contribution is -0.134. The minimum absolute atomic E-state index is 0.196. The van der Waals surface area contributed by atoms with E-state index in [0.29, 0.717) is 95.3 Å². The number of nitrogens with zero attached hydrogens (tertiary/aromatic N) is 10. The molecule has 0 aliphatic carbocycles. The number of fused-ring (bicyclic) bond motifs is 2. The molecular weight excluding hydrogens is 1400 g/mol. The van der Waals surface area contributed by atoms with Crippen LogP contribution >= 0.6 is 0 Å². The van der Waals surface area contributed by atoms with E-state index < -0.39 is 23.9 Å². The summed E-state index contributed by atoms with van der Waals surface area (Å²) in [5.74, 6) is 0.126. The highest BCUT2D eigenvalue weighted by Crippen LogP contribution is 2.36. The van der Waals surface area contributed by atoms with Gasteiger partial charge in [-0.25, -0.2) is 58.1 Å². The molecular formula is C82H84N16O12. The highest BCUT2D eigenvalue weighted by Gasteiger charge is 2.24. The van der Waals surface area contributed by atoms with Gasteiger partial charge in [0.2, 0.25) is 0 Å². The molecule has 0 aliphatic rings. The number of amides is 4. The summed E-state index contributed by atoms with van der Waals surface area (Å²) in [7, 11) is 0. The van der Waals surface area contributed by atoms with Crippen molar-refractivity contribution < 1.29 is 58.7 Å². The molecule has 0 unspecified atom stereocenters. The van der Waals surface area contributed by atoms with Crippen LogP contribution in [0.5, 0.6) is 11.5 Å². The molecule has 0 spiro atoms. The topological polar surface area (TPSA) is 387 Å². The molecule has 12 aromatic rings. The normalized spacial score (nSPS) is 11.1. The fourth-order valence-electron chi connectivity index (χ4n) is 10.4. The third kappa shape index (κ3) is 23.4. The van der Waals surface area contributed by atoms with Gasteiger partial charge in [0, 0.05) is 93.6 Å². The number of anilines is 8. The van der Waals surface area contributed by atoms with Crippen LogP contribution in [0.25, 0.3) is 32.9 Å². The molecule has 0 saturated heterocycles. The van der Waals surface area contributed by atoms with E-state index >= 15 is 0 Å². The highest BCUT2D eigenvalue weighted by molar-refractivity contribution is 6.09. The summed E-state index contributed by atoms with van der Waals surface area (Å²) in [6.45, 7) is 21.4. The molecule has 110 heavy (non-hydrogen) atoms. The number of urea groups is 2. The summed E-state index contributed by atoms with van der Waals surface area (Å²) in [6, 6.07) is 50.0. The van der Waals surface area contributed by atoms with E-state index in [2.05, 4.69) is 103 Å². The van der Waals surface area contributed by atoms with Crippen molar-refractivity contribution in [3.8, 4) is 22.9 Å². The number of hydrogen-bond acceptors (Lipinski definition) is 18. The Balaban J connectivity index is 0.000000211. The van der Waals surface area contributed by atoms with E-state index in [4.69, 9.17) is 40.1 Å². The van der Waals surface area contributed by atoms with E-state index in [-0.39, 0.29) is 22.9 Å². The minimum atomic E-state index is -1.26. The first-order valence-electron chi connectivity index (χ1n) is 34.7. The lowest BCUT2D eigenvalue weighted by atomic mass is 9.92. The molecule has 12 rings (SSSR count). The van der Waals surface area contributed by atoms with Gasteiger partial charge in [0.05, 0.1) is 57.9 Å². The van der Waals surface area contributed by atoms with E-state index in [0.717, 1.165) is 90.8 Å². The minimum Gasteiger partial charge on any atom is -0.488 e. The van der Waals surface area contributed by atoms with Crippen molar-refractivity contribution in [3.63, 3.8) is 0 Å². The van der Waals surface area contributed by atoms with Gasteiger partial charge < -0.3 is 51.2 Å². The van der Waals surface area contributed by atoms with Crippen molar-refractivity contribution in [1.82, 2.24) is 49.5 Å². The van der Waals surface area contributed by atoms with Crippen molar-refractivity contribution in [2.45, 2.75) is 106 Å². The number of rotatable bonds is 22. The average molecular weight is 1490 g/mol. The van der Waals surface area contributed by atoms with Gasteiger partial charge in [0.15, 0.2) is 0 Å². The van der Waals surface area contributed by atoms with Crippen LogP contribution in [0.4, 0.5) is 55.9 Å². The zero-order chi connectivity index (χ0) is 79.1. The number of carbonyl (C=O) groups is 6. The van der Waals surface area contributed by atoms with Crippen LogP contribution in [0.2, 0.25) is 0 Å². The van der Waals surface area contributed by atoms with Gasteiger partial charge >= 0.3 is 35.9 Å². The Labute approximate surface area is 634 Å². The fraction of sp³-hybridized carbons (Fsp3) is 0.195. The Kier molecular flexibility index (Phi) is 27.0. The Hall–Kier alpha value is -14.2. The molecule has 0 aliphatic heterocycles. The number of aromatic nitrogens is 10. The number of aryl methyl sites for hydroxylation is 4. The fourth-order valence-corrected chi connectivity index (χ4v) is 10.4. The van der Waals surface area contributed by atoms with E-state index in [1.54, 1.807) is 46.5 Å². The summed E-state index contributed by atoms with van der Waals surface area (Å²) >= 11 is 0. The standard InChI is InChI=1S/2C37H38N8O2.2C4H4O4/c2*1-6-26-21-38-22-34(40-26)42-33-19-25(17-18-39-33)23-47-31-16-15-30(28-9-7-8-10-29(28)31)41-36(46)43-35-20-32(37(3,4)5)44-45(35)27-13-11-24(2)12-14-27;2*5-3(6)1-2-4(7)8/h2*7-22H,6,23H2,1-5H3,(H,39,40,42)(H2,41,43,46);2*1-2H,(H,5,6)(H,7,8)/b;;2*2-1-. The van der Waals surface area contributed by atoms with Crippen LogP contribution in [-0.2, 0) is 56.1 Å². The third-order valence-corrected chi connectivity index (χ3v) is 16.0. The van der Waals surface area contributed by atoms with E-state index in [1.807, 2.05) is 185 Å². The van der Waals surface area contributed by atoms with Gasteiger partial charge in [0.1, 0.15) is 59.6 Å². The number of pyridine rings is 2. The summed E-state index contributed by atoms with van der Waals surface area (Å²) in [5.41, 5.74) is 10.4. The summed E-state index contributed by atoms with van der Waals surface area (Å²) in [6.07, 6.45) is 14.2. The molecule has 4 amide bonds. The zero-order valence-electron chi connectivity index (χ0n) is 62.1.